The van der Waals surface area contributed by atoms with Crippen molar-refractivity contribution in [2.24, 2.45) is 0 Å². The van der Waals surface area contributed by atoms with Crippen molar-refractivity contribution in [3.05, 3.63) is 70.8 Å². The lowest BCUT2D eigenvalue weighted by Crippen LogP contribution is -2.37. The summed E-state index contributed by atoms with van der Waals surface area (Å²) in [6, 6.07) is 16.9. The Morgan fingerprint density at radius 2 is 1.69 bits per heavy atom. The van der Waals surface area contributed by atoms with Gasteiger partial charge in [-0.3, -0.25) is 9.59 Å². The van der Waals surface area contributed by atoms with E-state index < -0.39 is 0 Å². The van der Waals surface area contributed by atoms with Crippen LogP contribution < -0.4 is 5.32 Å². The largest absolute Gasteiger partial charge is 0.349 e. The van der Waals surface area contributed by atoms with Crippen LogP contribution in [0.1, 0.15) is 71.5 Å². The van der Waals surface area contributed by atoms with E-state index in [0.717, 1.165) is 50.5 Å². The fourth-order valence-corrected chi connectivity index (χ4v) is 4.44. The van der Waals surface area contributed by atoms with Gasteiger partial charge in [0.1, 0.15) is 0 Å². The molecule has 2 aromatic carbocycles. The first kappa shape index (κ1) is 18.4. The minimum Gasteiger partial charge on any atom is -0.349 e. The summed E-state index contributed by atoms with van der Waals surface area (Å²) < 4.78 is 0. The van der Waals surface area contributed by atoms with Gasteiger partial charge in [0.2, 0.25) is 5.91 Å². The molecule has 0 bridgehead atoms. The Hall–Kier alpha value is -2.62. The smallest absolute Gasteiger partial charge is 0.251 e. The predicted molar refractivity (Wildman–Crippen MR) is 113 cm³/mol. The molecule has 0 saturated heterocycles. The van der Waals surface area contributed by atoms with Crippen LogP contribution >= 0.6 is 0 Å². The van der Waals surface area contributed by atoms with E-state index >= 15 is 0 Å². The maximum atomic E-state index is 13.5. The van der Waals surface area contributed by atoms with Gasteiger partial charge >= 0.3 is 0 Å². The minimum absolute atomic E-state index is 0.00740. The quantitative estimate of drug-likeness (QED) is 0.807. The maximum Gasteiger partial charge on any atom is 0.251 e. The number of rotatable bonds is 6. The molecule has 3 aliphatic carbocycles. The highest BCUT2D eigenvalue weighted by Gasteiger charge is 2.37. The van der Waals surface area contributed by atoms with Crippen LogP contribution in [-0.4, -0.2) is 28.8 Å². The van der Waals surface area contributed by atoms with Gasteiger partial charge in [0.25, 0.3) is 5.91 Å². The number of hydrogen-bond donors (Lipinski definition) is 1. The van der Waals surface area contributed by atoms with Crippen molar-refractivity contribution in [3.8, 4) is 0 Å². The van der Waals surface area contributed by atoms with Crippen molar-refractivity contribution in [2.75, 3.05) is 0 Å². The third kappa shape index (κ3) is 4.07. The van der Waals surface area contributed by atoms with Gasteiger partial charge in [0.15, 0.2) is 0 Å². The lowest BCUT2D eigenvalue weighted by Gasteiger charge is -2.31. The summed E-state index contributed by atoms with van der Waals surface area (Å²) >= 11 is 0. The number of amides is 2. The second-order valence-electron chi connectivity index (χ2n) is 8.79. The molecular weight excluding hydrogens is 360 g/mol. The lowest BCUT2D eigenvalue weighted by atomic mass is 9.82. The molecule has 2 saturated carbocycles. The molecule has 0 radical (unpaired) electrons. The van der Waals surface area contributed by atoms with E-state index in [0.29, 0.717) is 24.2 Å². The SMILES string of the molecule is O=C(NC1CC1)c1ccc(CN(C(=O)[C@@H]2CCCc3ccccc32)C2CC2)cc1. The van der Waals surface area contributed by atoms with E-state index in [-0.39, 0.29) is 17.7 Å². The summed E-state index contributed by atoms with van der Waals surface area (Å²) in [5.41, 5.74) is 4.35. The molecule has 4 nitrogen and oxygen atoms in total. The Labute approximate surface area is 172 Å². The maximum absolute atomic E-state index is 13.5. The standard InChI is InChI=1S/C25H28N2O2/c28-24(26-20-12-13-20)19-10-8-17(9-11-19)16-27(21-14-15-21)25(29)23-7-3-5-18-4-1-2-6-22(18)23/h1-2,4,6,8-11,20-21,23H,3,5,7,12-16H2,(H,26,28)/t23-/m1/s1. The summed E-state index contributed by atoms with van der Waals surface area (Å²) in [5, 5.41) is 3.03. The summed E-state index contributed by atoms with van der Waals surface area (Å²) in [4.78, 5) is 27.8. The van der Waals surface area contributed by atoms with Crippen molar-refractivity contribution < 1.29 is 9.59 Å². The molecule has 3 aliphatic rings. The third-order valence-corrected chi connectivity index (χ3v) is 6.42. The average molecular weight is 389 g/mol. The number of aryl methyl sites for hydroxylation is 1. The van der Waals surface area contributed by atoms with E-state index in [1.807, 2.05) is 24.3 Å². The van der Waals surface area contributed by atoms with Crippen LogP contribution in [0.25, 0.3) is 0 Å². The Balaban J connectivity index is 1.31. The number of nitrogens with zero attached hydrogens (tertiary/aromatic N) is 1. The number of carbonyl (C=O) groups excluding carboxylic acids is 2. The first-order valence-electron chi connectivity index (χ1n) is 11.0. The normalized spacial score (nSPS) is 20.6. The van der Waals surface area contributed by atoms with Crippen molar-refractivity contribution in [1.82, 2.24) is 10.2 Å². The fraction of sp³-hybridized carbons (Fsp3) is 0.440. The number of benzene rings is 2. The van der Waals surface area contributed by atoms with Crippen molar-refractivity contribution in [3.63, 3.8) is 0 Å². The molecule has 2 aromatic rings. The first-order chi connectivity index (χ1) is 14.2. The molecule has 1 N–H and O–H groups in total. The van der Waals surface area contributed by atoms with E-state index in [1.54, 1.807) is 0 Å². The first-order valence-corrected chi connectivity index (χ1v) is 11.0. The topological polar surface area (TPSA) is 49.4 Å². The molecule has 1 atom stereocenters. The van der Waals surface area contributed by atoms with Crippen LogP contribution in [0.2, 0.25) is 0 Å². The van der Waals surface area contributed by atoms with Gasteiger partial charge in [-0.15, -0.1) is 0 Å². The molecule has 5 rings (SSSR count). The van der Waals surface area contributed by atoms with Gasteiger partial charge < -0.3 is 10.2 Å². The van der Waals surface area contributed by atoms with E-state index in [9.17, 15) is 9.59 Å². The van der Waals surface area contributed by atoms with E-state index in [1.165, 1.54) is 11.1 Å². The monoisotopic (exact) mass is 388 g/mol. The molecular formula is C25H28N2O2. The van der Waals surface area contributed by atoms with Crippen LogP contribution in [0.4, 0.5) is 0 Å². The van der Waals surface area contributed by atoms with Crippen molar-refractivity contribution in [2.45, 2.75) is 69.5 Å². The van der Waals surface area contributed by atoms with Crippen molar-refractivity contribution in [1.29, 1.82) is 0 Å². The summed E-state index contributed by atoms with van der Waals surface area (Å²) in [6.45, 7) is 0.632. The lowest BCUT2D eigenvalue weighted by molar-refractivity contribution is -0.134. The van der Waals surface area contributed by atoms with Gasteiger partial charge in [0.05, 0.1) is 5.92 Å². The Morgan fingerprint density at radius 1 is 0.931 bits per heavy atom. The Bertz CT molecular complexity index is 913. The predicted octanol–water partition coefficient (Wildman–Crippen LogP) is 4.19. The zero-order valence-corrected chi connectivity index (χ0v) is 16.8. The second-order valence-corrected chi connectivity index (χ2v) is 8.79. The molecule has 4 heteroatoms. The zero-order valence-electron chi connectivity index (χ0n) is 16.8. The molecule has 150 valence electrons. The van der Waals surface area contributed by atoms with E-state index in [4.69, 9.17) is 0 Å². The highest BCUT2D eigenvalue weighted by Crippen LogP contribution is 2.37. The van der Waals surface area contributed by atoms with Crippen LogP contribution in [-0.2, 0) is 17.8 Å². The second kappa shape index (κ2) is 7.66. The molecule has 0 aliphatic heterocycles. The molecule has 0 aromatic heterocycles. The zero-order chi connectivity index (χ0) is 19.8. The highest BCUT2D eigenvalue weighted by atomic mass is 16.2. The summed E-state index contributed by atoms with van der Waals surface area (Å²) in [5.74, 6) is 0.271. The summed E-state index contributed by atoms with van der Waals surface area (Å²) in [7, 11) is 0. The van der Waals surface area contributed by atoms with Crippen LogP contribution in [0.3, 0.4) is 0 Å². The average Bonchev–Trinajstić information content (AvgIpc) is 3.67. The fourth-order valence-electron chi connectivity index (χ4n) is 4.44. The third-order valence-electron chi connectivity index (χ3n) is 6.42. The molecule has 0 unspecified atom stereocenters. The highest BCUT2D eigenvalue weighted by molar-refractivity contribution is 5.94. The number of fused-ring (bicyclic) bond motifs is 1. The van der Waals surface area contributed by atoms with Gasteiger partial charge in [-0.05, 0) is 73.8 Å². The Morgan fingerprint density at radius 3 is 2.41 bits per heavy atom. The van der Waals surface area contributed by atoms with E-state index in [2.05, 4.69) is 34.5 Å². The Kier molecular flexibility index (Phi) is 4.86. The number of carbonyl (C=O) groups is 2. The van der Waals surface area contributed by atoms with Gasteiger partial charge in [0, 0.05) is 24.2 Å². The van der Waals surface area contributed by atoms with Crippen LogP contribution in [0, 0.1) is 0 Å². The molecule has 29 heavy (non-hydrogen) atoms. The molecule has 0 spiro atoms. The molecule has 0 heterocycles. The number of hydrogen-bond acceptors (Lipinski definition) is 2. The van der Waals surface area contributed by atoms with Gasteiger partial charge in [-0.25, -0.2) is 0 Å². The van der Waals surface area contributed by atoms with Crippen molar-refractivity contribution >= 4 is 11.8 Å². The van der Waals surface area contributed by atoms with Gasteiger partial charge in [-0.1, -0.05) is 36.4 Å². The summed E-state index contributed by atoms with van der Waals surface area (Å²) in [6.07, 6.45) is 7.48. The molecule has 2 fully saturated rings. The minimum atomic E-state index is -0.0101. The van der Waals surface area contributed by atoms with Crippen LogP contribution in [0.5, 0.6) is 0 Å². The van der Waals surface area contributed by atoms with Crippen LogP contribution in [0.15, 0.2) is 48.5 Å². The molecule has 2 amide bonds. The number of nitrogens with one attached hydrogen (secondary N) is 1. The van der Waals surface area contributed by atoms with Gasteiger partial charge in [-0.2, -0.15) is 0 Å².